The second kappa shape index (κ2) is 6.09. The molecule has 3 unspecified atom stereocenters. The van der Waals surface area contributed by atoms with Gasteiger partial charge in [-0.25, -0.2) is 0 Å². The van der Waals surface area contributed by atoms with Crippen molar-refractivity contribution in [1.82, 2.24) is 0 Å². The van der Waals surface area contributed by atoms with Crippen LogP contribution in [0.4, 0.5) is 0 Å². The van der Waals surface area contributed by atoms with Crippen molar-refractivity contribution < 1.29 is 9.84 Å². The van der Waals surface area contributed by atoms with Crippen molar-refractivity contribution in [3.63, 3.8) is 0 Å². The van der Waals surface area contributed by atoms with Gasteiger partial charge >= 0.3 is 0 Å². The molecule has 1 heterocycles. The lowest BCUT2D eigenvalue weighted by Crippen LogP contribution is -2.27. The molecule has 0 aromatic rings. The van der Waals surface area contributed by atoms with Crippen LogP contribution in [0.1, 0.15) is 40.0 Å². The first-order valence-electron chi connectivity index (χ1n) is 5.84. The Balaban J connectivity index is 2.60. The van der Waals surface area contributed by atoms with E-state index < -0.39 is 6.10 Å². The van der Waals surface area contributed by atoms with Crippen LogP contribution in [-0.2, 0) is 4.74 Å². The molecule has 1 rings (SSSR count). The van der Waals surface area contributed by atoms with Gasteiger partial charge in [-0.1, -0.05) is 25.2 Å². The Kier molecular flexibility index (Phi) is 5.06. The minimum absolute atomic E-state index is 0.00328. The number of rotatable bonds is 4. The average Bonchev–Trinajstić information content (AvgIpc) is 2.65. The molecule has 3 atom stereocenters. The van der Waals surface area contributed by atoms with Crippen molar-refractivity contribution >= 4 is 0 Å². The van der Waals surface area contributed by atoms with Gasteiger partial charge in [0.2, 0.25) is 0 Å². The van der Waals surface area contributed by atoms with E-state index in [2.05, 4.69) is 13.8 Å². The Morgan fingerprint density at radius 1 is 1.53 bits per heavy atom. The lowest BCUT2D eigenvalue weighted by molar-refractivity contribution is -0.0142. The molecular formula is C13H22O2. The van der Waals surface area contributed by atoms with E-state index in [1.165, 1.54) is 0 Å². The second-order valence-corrected chi connectivity index (χ2v) is 4.13. The van der Waals surface area contributed by atoms with Gasteiger partial charge in [0.15, 0.2) is 0 Å². The molecule has 1 saturated heterocycles. The van der Waals surface area contributed by atoms with E-state index in [1.54, 1.807) is 0 Å². The Bertz CT molecular complexity index is 243. The van der Waals surface area contributed by atoms with Crippen LogP contribution in [0.5, 0.6) is 0 Å². The van der Waals surface area contributed by atoms with Crippen LogP contribution in [-0.4, -0.2) is 23.4 Å². The van der Waals surface area contributed by atoms with E-state index in [9.17, 15) is 5.11 Å². The molecule has 0 spiro atoms. The molecule has 1 aliphatic rings. The summed E-state index contributed by atoms with van der Waals surface area (Å²) >= 11 is 0. The maximum absolute atomic E-state index is 10.1. The molecule has 0 aromatic heterocycles. The SMILES string of the molecule is C/C=C\C=C(/CC)C(O)C1CCC(C)O1. The summed E-state index contributed by atoms with van der Waals surface area (Å²) in [7, 11) is 0. The quantitative estimate of drug-likeness (QED) is 0.723. The predicted molar refractivity (Wildman–Crippen MR) is 62.8 cm³/mol. The number of aliphatic hydroxyl groups excluding tert-OH is 1. The lowest BCUT2D eigenvalue weighted by atomic mass is 9.99. The highest BCUT2D eigenvalue weighted by Crippen LogP contribution is 2.25. The van der Waals surface area contributed by atoms with Crippen LogP contribution in [0.25, 0.3) is 0 Å². The molecule has 0 amide bonds. The van der Waals surface area contributed by atoms with Gasteiger partial charge in [0.05, 0.1) is 12.2 Å². The fourth-order valence-electron chi connectivity index (χ4n) is 1.95. The number of aliphatic hydroxyl groups is 1. The van der Waals surface area contributed by atoms with Crippen molar-refractivity contribution in [2.24, 2.45) is 0 Å². The van der Waals surface area contributed by atoms with Crippen LogP contribution in [0, 0.1) is 0 Å². The molecule has 2 heteroatoms. The van der Waals surface area contributed by atoms with Crippen LogP contribution in [0.2, 0.25) is 0 Å². The molecule has 2 nitrogen and oxygen atoms in total. The first-order valence-corrected chi connectivity index (χ1v) is 5.84. The van der Waals surface area contributed by atoms with Gasteiger partial charge in [0.25, 0.3) is 0 Å². The molecule has 15 heavy (non-hydrogen) atoms. The fraction of sp³-hybridized carbons (Fsp3) is 0.692. The summed E-state index contributed by atoms with van der Waals surface area (Å²) in [5.41, 5.74) is 1.06. The third kappa shape index (κ3) is 3.47. The average molecular weight is 210 g/mol. The van der Waals surface area contributed by atoms with Crippen LogP contribution >= 0.6 is 0 Å². The Morgan fingerprint density at radius 3 is 2.73 bits per heavy atom. The topological polar surface area (TPSA) is 29.5 Å². The van der Waals surface area contributed by atoms with Crippen LogP contribution < -0.4 is 0 Å². The van der Waals surface area contributed by atoms with Gasteiger partial charge in [0.1, 0.15) is 6.10 Å². The summed E-state index contributed by atoms with van der Waals surface area (Å²) in [5, 5.41) is 10.1. The molecule has 0 saturated carbocycles. The molecule has 0 aliphatic carbocycles. The third-order valence-electron chi connectivity index (χ3n) is 2.91. The highest BCUT2D eigenvalue weighted by molar-refractivity contribution is 5.17. The molecule has 1 fully saturated rings. The first-order chi connectivity index (χ1) is 7.19. The Hall–Kier alpha value is -0.600. The van der Waals surface area contributed by atoms with Crippen LogP contribution in [0.3, 0.4) is 0 Å². The summed E-state index contributed by atoms with van der Waals surface area (Å²) in [4.78, 5) is 0. The first kappa shape index (κ1) is 12.5. The highest BCUT2D eigenvalue weighted by Gasteiger charge is 2.29. The molecule has 0 bridgehead atoms. The summed E-state index contributed by atoms with van der Waals surface area (Å²) in [5.74, 6) is 0. The minimum Gasteiger partial charge on any atom is -0.386 e. The van der Waals surface area contributed by atoms with Crippen molar-refractivity contribution in [2.75, 3.05) is 0 Å². The van der Waals surface area contributed by atoms with Crippen molar-refractivity contribution in [3.8, 4) is 0 Å². The third-order valence-corrected chi connectivity index (χ3v) is 2.91. The largest absolute Gasteiger partial charge is 0.386 e. The zero-order valence-corrected chi connectivity index (χ0v) is 9.94. The zero-order valence-electron chi connectivity index (χ0n) is 9.94. The standard InChI is InChI=1S/C13H22O2/c1-4-6-7-11(5-2)13(14)12-9-8-10(3)15-12/h4,6-7,10,12-14H,5,8-9H2,1-3H3/b6-4-,11-7+. The smallest absolute Gasteiger partial charge is 0.101 e. The van der Waals surface area contributed by atoms with Gasteiger partial charge in [-0.15, -0.1) is 0 Å². The summed E-state index contributed by atoms with van der Waals surface area (Å²) in [6.45, 7) is 6.11. The second-order valence-electron chi connectivity index (χ2n) is 4.13. The molecule has 0 radical (unpaired) electrons. The molecule has 1 aliphatic heterocycles. The van der Waals surface area contributed by atoms with Gasteiger partial charge in [0, 0.05) is 0 Å². The number of hydrogen-bond donors (Lipinski definition) is 1. The van der Waals surface area contributed by atoms with Gasteiger partial charge in [-0.3, -0.25) is 0 Å². The summed E-state index contributed by atoms with van der Waals surface area (Å²) < 4.78 is 5.67. The molecule has 1 N–H and O–H groups in total. The normalized spacial score (nSPS) is 30.0. The Labute approximate surface area is 92.6 Å². The zero-order chi connectivity index (χ0) is 11.3. The van der Waals surface area contributed by atoms with Gasteiger partial charge in [-0.05, 0) is 38.7 Å². The van der Waals surface area contributed by atoms with Crippen LogP contribution in [0.15, 0.2) is 23.8 Å². The minimum atomic E-state index is -0.434. The number of allylic oxidation sites excluding steroid dienone is 3. The maximum Gasteiger partial charge on any atom is 0.101 e. The van der Waals surface area contributed by atoms with E-state index in [4.69, 9.17) is 4.74 Å². The fourth-order valence-corrected chi connectivity index (χ4v) is 1.95. The molecule has 86 valence electrons. The summed E-state index contributed by atoms with van der Waals surface area (Å²) in [6, 6.07) is 0. The van der Waals surface area contributed by atoms with E-state index in [0.29, 0.717) is 6.10 Å². The molecular weight excluding hydrogens is 188 g/mol. The van der Waals surface area contributed by atoms with Gasteiger partial charge in [-0.2, -0.15) is 0 Å². The summed E-state index contributed by atoms with van der Waals surface area (Å²) in [6.07, 6.45) is 8.70. The van der Waals surface area contributed by atoms with E-state index in [0.717, 1.165) is 24.8 Å². The van der Waals surface area contributed by atoms with E-state index in [1.807, 2.05) is 25.2 Å². The van der Waals surface area contributed by atoms with Crippen molar-refractivity contribution in [1.29, 1.82) is 0 Å². The van der Waals surface area contributed by atoms with Crippen molar-refractivity contribution in [2.45, 2.75) is 58.3 Å². The maximum atomic E-state index is 10.1. The number of hydrogen-bond acceptors (Lipinski definition) is 2. The highest BCUT2D eigenvalue weighted by atomic mass is 16.5. The molecule has 0 aromatic carbocycles. The monoisotopic (exact) mass is 210 g/mol. The Morgan fingerprint density at radius 2 is 2.27 bits per heavy atom. The van der Waals surface area contributed by atoms with E-state index in [-0.39, 0.29) is 6.10 Å². The van der Waals surface area contributed by atoms with Gasteiger partial charge < -0.3 is 9.84 Å². The van der Waals surface area contributed by atoms with Crippen molar-refractivity contribution in [3.05, 3.63) is 23.8 Å². The predicted octanol–water partition coefficient (Wildman–Crippen LogP) is 2.83. The lowest BCUT2D eigenvalue weighted by Gasteiger charge is -2.20. The van der Waals surface area contributed by atoms with E-state index >= 15 is 0 Å². The number of ether oxygens (including phenoxy) is 1.